The zero-order chi connectivity index (χ0) is 22.5. The number of allylic oxidation sites excluding steroid dienone is 1. The molecule has 0 saturated carbocycles. The number of aromatic nitrogens is 5. The Hall–Kier alpha value is -3.72. The van der Waals surface area contributed by atoms with Crippen LogP contribution in [0, 0.1) is 6.92 Å². The second kappa shape index (κ2) is 9.61. The lowest BCUT2D eigenvalue weighted by molar-refractivity contribution is 0.0949. The number of thioether (sulfide) groups is 1. The number of nitrogens with one attached hydrogen (secondary N) is 2. The smallest absolute Gasteiger partial charge is 0.258 e. The van der Waals surface area contributed by atoms with E-state index in [1.54, 1.807) is 18.2 Å². The highest BCUT2D eigenvalue weighted by atomic mass is 32.2. The van der Waals surface area contributed by atoms with Crippen LogP contribution in [0.3, 0.4) is 0 Å². The predicted octanol–water partition coefficient (Wildman–Crippen LogP) is 3.23. The summed E-state index contributed by atoms with van der Waals surface area (Å²) in [6.45, 7) is 6.47. The monoisotopic (exact) mass is 446 g/mol. The number of amides is 1. The van der Waals surface area contributed by atoms with Gasteiger partial charge in [0.25, 0.3) is 11.5 Å². The Bertz CT molecular complexity index is 1340. The Labute approximate surface area is 188 Å². The van der Waals surface area contributed by atoms with Gasteiger partial charge in [0.2, 0.25) is 0 Å². The molecule has 4 rings (SSSR count). The van der Waals surface area contributed by atoms with Crippen LogP contribution in [0.4, 0.5) is 0 Å². The number of carbonyl (C=O) groups is 1. The molecule has 2 heterocycles. The van der Waals surface area contributed by atoms with E-state index in [9.17, 15) is 9.59 Å². The molecule has 32 heavy (non-hydrogen) atoms. The maximum Gasteiger partial charge on any atom is 0.258 e. The van der Waals surface area contributed by atoms with Crippen LogP contribution in [0.1, 0.15) is 27.6 Å². The van der Waals surface area contributed by atoms with E-state index >= 15 is 0 Å². The molecule has 0 fully saturated rings. The lowest BCUT2D eigenvalue weighted by Crippen LogP contribution is -2.24. The van der Waals surface area contributed by atoms with Gasteiger partial charge in [-0.15, -0.1) is 16.8 Å². The summed E-state index contributed by atoms with van der Waals surface area (Å²) in [5, 5.41) is 12.6. The number of benzene rings is 2. The summed E-state index contributed by atoms with van der Waals surface area (Å²) in [4.78, 5) is 32.1. The van der Waals surface area contributed by atoms with E-state index in [0.717, 1.165) is 5.56 Å². The molecule has 0 aliphatic heterocycles. The lowest BCUT2D eigenvalue weighted by Gasteiger charge is -2.09. The van der Waals surface area contributed by atoms with Gasteiger partial charge in [-0.1, -0.05) is 47.7 Å². The Balaban J connectivity index is 1.47. The van der Waals surface area contributed by atoms with Crippen molar-refractivity contribution in [2.75, 3.05) is 0 Å². The molecule has 0 atom stereocenters. The van der Waals surface area contributed by atoms with Gasteiger partial charge in [0.15, 0.2) is 11.0 Å². The fourth-order valence-electron chi connectivity index (χ4n) is 3.25. The van der Waals surface area contributed by atoms with Gasteiger partial charge in [-0.25, -0.2) is 4.98 Å². The van der Waals surface area contributed by atoms with E-state index < -0.39 is 0 Å². The second-order valence-corrected chi connectivity index (χ2v) is 8.11. The average Bonchev–Trinajstić information content (AvgIpc) is 3.18. The summed E-state index contributed by atoms with van der Waals surface area (Å²) in [6, 6.07) is 14.6. The van der Waals surface area contributed by atoms with Crippen LogP contribution in [0.15, 0.2) is 71.1 Å². The number of rotatable bonds is 8. The standard InChI is InChI=1S/C23H22N6O2S/c1-3-11-29-20(13-24-21(30)16-8-6-7-15(2)12-16)27-28-23(29)32-14-19-25-18-10-5-4-9-17(18)22(31)26-19/h3-10,12H,1,11,13-14H2,2H3,(H,24,30)(H,25,26,31). The summed E-state index contributed by atoms with van der Waals surface area (Å²) in [5.74, 6) is 1.42. The van der Waals surface area contributed by atoms with Crippen molar-refractivity contribution in [1.29, 1.82) is 0 Å². The first-order valence-electron chi connectivity index (χ1n) is 10.0. The Morgan fingerprint density at radius 3 is 2.88 bits per heavy atom. The summed E-state index contributed by atoms with van der Waals surface area (Å²) in [5.41, 5.74) is 2.10. The van der Waals surface area contributed by atoms with Crippen molar-refractivity contribution < 1.29 is 4.79 Å². The number of nitrogens with zero attached hydrogens (tertiary/aromatic N) is 4. The third kappa shape index (κ3) is 4.78. The highest BCUT2D eigenvalue weighted by molar-refractivity contribution is 7.98. The molecule has 8 nitrogen and oxygen atoms in total. The van der Waals surface area contributed by atoms with Crippen molar-refractivity contribution in [2.45, 2.75) is 30.9 Å². The number of hydrogen-bond acceptors (Lipinski definition) is 6. The highest BCUT2D eigenvalue weighted by Gasteiger charge is 2.14. The van der Waals surface area contributed by atoms with Crippen molar-refractivity contribution >= 4 is 28.6 Å². The van der Waals surface area contributed by atoms with Crippen LogP contribution >= 0.6 is 11.8 Å². The van der Waals surface area contributed by atoms with Gasteiger partial charge in [0.1, 0.15) is 5.82 Å². The topological polar surface area (TPSA) is 106 Å². The molecular formula is C23H22N6O2S. The minimum absolute atomic E-state index is 0.168. The maximum absolute atomic E-state index is 12.5. The molecule has 0 saturated heterocycles. The summed E-state index contributed by atoms with van der Waals surface area (Å²) in [7, 11) is 0. The molecule has 9 heteroatoms. The molecule has 0 aliphatic rings. The fraction of sp³-hybridized carbons (Fsp3) is 0.174. The molecule has 4 aromatic rings. The molecule has 0 aliphatic carbocycles. The van der Waals surface area contributed by atoms with E-state index in [1.807, 2.05) is 47.9 Å². The Kier molecular flexibility index (Phi) is 6.46. The Morgan fingerprint density at radius 2 is 2.06 bits per heavy atom. The van der Waals surface area contributed by atoms with E-state index in [2.05, 4.69) is 32.1 Å². The number of carbonyl (C=O) groups excluding carboxylic acids is 1. The summed E-state index contributed by atoms with van der Waals surface area (Å²) >= 11 is 1.41. The van der Waals surface area contributed by atoms with E-state index in [1.165, 1.54) is 11.8 Å². The van der Waals surface area contributed by atoms with Gasteiger partial charge in [-0.2, -0.15) is 0 Å². The number of H-pyrrole nitrogens is 1. The molecule has 1 amide bonds. The zero-order valence-corrected chi connectivity index (χ0v) is 18.4. The van der Waals surface area contributed by atoms with Crippen molar-refractivity contribution in [3.8, 4) is 0 Å². The van der Waals surface area contributed by atoms with Crippen LogP contribution in [0.5, 0.6) is 0 Å². The normalized spacial score (nSPS) is 10.9. The van der Waals surface area contributed by atoms with Gasteiger partial charge in [-0.05, 0) is 31.2 Å². The van der Waals surface area contributed by atoms with Crippen molar-refractivity contribution in [3.63, 3.8) is 0 Å². The third-order valence-electron chi connectivity index (χ3n) is 4.79. The minimum atomic E-state index is -0.172. The molecule has 0 radical (unpaired) electrons. The molecule has 2 N–H and O–H groups in total. The van der Waals surface area contributed by atoms with Crippen molar-refractivity contribution in [3.05, 3.63) is 94.3 Å². The number of aromatic amines is 1. The van der Waals surface area contributed by atoms with Crippen molar-refractivity contribution in [2.24, 2.45) is 0 Å². The van der Waals surface area contributed by atoms with Crippen LogP contribution < -0.4 is 10.9 Å². The second-order valence-electron chi connectivity index (χ2n) is 7.17. The molecule has 0 bridgehead atoms. The molecule has 0 spiro atoms. The predicted molar refractivity (Wildman–Crippen MR) is 124 cm³/mol. The summed E-state index contributed by atoms with van der Waals surface area (Å²) < 4.78 is 1.88. The molecular weight excluding hydrogens is 424 g/mol. The first kappa shape index (κ1) is 21.5. The van der Waals surface area contributed by atoms with Gasteiger partial charge < -0.3 is 14.9 Å². The lowest BCUT2D eigenvalue weighted by atomic mass is 10.1. The van der Waals surface area contributed by atoms with Crippen LogP contribution in [-0.4, -0.2) is 30.6 Å². The average molecular weight is 447 g/mol. The van der Waals surface area contributed by atoms with Gasteiger partial charge >= 0.3 is 0 Å². The molecule has 162 valence electrons. The van der Waals surface area contributed by atoms with Gasteiger partial charge in [0.05, 0.1) is 23.2 Å². The quantitative estimate of drug-likeness (QED) is 0.318. The molecule has 2 aromatic heterocycles. The largest absolute Gasteiger partial charge is 0.345 e. The summed E-state index contributed by atoms with van der Waals surface area (Å²) in [6.07, 6.45) is 1.75. The zero-order valence-electron chi connectivity index (χ0n) is 17.5. The Morgan fingerprint density at radius 1 is 1.22 bits per heavy atom. The highest BCUT2D eigenvalue weighted by Crippen LogP contribution is 2.21. The number of para-hydroxylation sites is 1. The molecule has 2 aromatic carbocycles. The maximum atomic E-state index is 12.5. The molecule has 0 unspecified atom stereocenters. The van der Waals surface area contributed by atoms with Crippen LogP contribution in [0.25, 0.3) is 10.9 Å². The number of hydrogen-bond donors (Lipinski definition) is 2. The van der Waals surface area contributed by atoms with Crippen molar-refractivity contribution in [1.82, 2.24) is 30.0 Å². The third-order valence-corrected chi connectivity index (χ3v) is 5.77. The minimum Gasteiger partial charge on any atom is -0.345 e. The van der Waals surface area contributed by atoms with Gasteiger partial charge in [0, 0.05) is 12.1 Å². The fourth-order valence-corrected chi connectivity index (χ4v) is 4.09. The number of aryl methyl sites for hydroxylation is 1. The van der Waals surface area contributed by atoms with Crippen LogP contribution in [0.2, 0.25) is 0 Å². The van der Waals surface area contributed by atoms with E-state index in [0.29, 0.717) is 45.6 Å². The van der Waals surface area contributed by atoms with Gasteiger partial charge in [-0.3, -0.25) is 9.59 Å². The van der Waals surface area contributed by atoms with Crippen LogP contribution in [-0.2, 0) is 18.8 Å². The van der Waals surface area contributed by atoms with E-state index in [-0.39, 0.29) is 18.0 Å². The first-order valence-corrected chi connectivity index (χ1v) is 11.0. The van der Waals surface area contributed by atoms with E-state index in [4.69, 9.17) is 0 Å². The SMILES string of the molecule is C=CCn1c(CNC(=O)c2cccc(C)c2)nnc1SCc1nc2ccccc2c(=O)[nH]1. The number of fused-ring (bicyclic) bond motifs is 1. The first-order chi connectivity index (χ1) is 15.5.